The Labute approximate surface area is 123 Å². The zero-order valence-electron chi connectivity index (χ0n) is 11.7. The molecule has 112 valence electrons. The van der Waals surface area contributed by atoms with E-state index in [1.807, 2.05) is 11.0 Å². The van der Waals surface area contributed by atoms with Crippen molar-refractivity contribution >= 4 is 11.6 Å². The summed E-state index contributed by atoms with van der Waals surface area (Å²) < 4.78 is 10.5. The summed E-state index contributed by atoms with van der Waals surface area (Å²) in [5, 5.41) is 19.9. The van der Waals surface area contributed by atoms with Gasteiger partial charge < -0.3 is 19.7 Å². The van der Waals surface area contributed by atoms with Gasteiger partial charge in [0.1, 0.15) is 0 Å². The number of hydrogen-bond donors (Lipinski definition) is 2. The SMILES string of the molecule is COc1ccc(CN2C[C@H](O)C[C@@H](O)C2)c(Cl)c1OC. The topological polar surface area (TPSA) is 62.2 Å². The molecule has 0 unspecified atom stereocenters. The summed E-state index contributed by atoms with van der Waals surface area (Å²) in [5.74, 6) is 1.09. The molecule has 1 saturated heterocycles. The fourth-order valence-electron chi connectivity index (χ4n) is 2.56. The fraction of sp³-hybridized carbons (Fsp3) is 0.571. The van der Waals surface area contributed by atoms with Crippen LogP contribution in [0.5, 0.6) is 11.5 Å². The number of nitrogens with zero attached hydrogens (tertiary/aromatic N) is 1. The highest BCUT2D eigenvalue weighted by molar-refractivity contribution is 6.33. The summed E-state index contributed by atoms with van der Waals surface area (Å²) in [6.45, 7) is 1.61. The Kier molecular flexibility index (Phi) is 5.10. The average Bonchev–Trinajstić information content (AvgIpc) is 2.39. The van der Waals surface area contributed by atoms with E-state index in [-0.39, 0.29) is 0 Å². The van der Waals surface area contributed by atoms with Crippen LogP contribution in [-0.2, 0) is 6.54 Å². The molecule has 0 saturated carbocycles. The molecule has 1 aromatic rings. The molecule has 0 aromatic heterocycles. The van der Waals surface area contributed by atoms with E-state index >= 15 is 0 Å². The molecule has 1 aliphatic rings. The number of hydrogen-bond acceptors (Lipinski definition) is 5. The third-order valence-electron chi connectivity index (χ3n) is 3.44. The van der Waals surface area contributed by atoms with Gasteiger partial charge in [0.05, 0.1) is 31.5 Å². The summed E-state index contributed by atoms with van der Waals surface area (Å²) in [6, 6.07) is 3.67. The first kappa shape index (κ1) is 15.4. The van der Waals surface area contributed by atoms with Crippen molar-refractivity contribution < 1.29 is 19.7 Å². The maximum Gasteiger partial charge on any atom is 0.179 e. The predicted molar refractivity (Wildman–Crippen MR) is 76.5 cm³/mol. The lowest BCUT2D eigenvalue weighted by molar-refractivity contribution is -0.0110. The van der Waals surface area contributed by atoms with Crippen molar-refractivity contribution in [2.24, 2.45) is 0 Å². The molecular weight excluding hydrogens is 282 g/mol. The van der Waals surface area contributed by atoms with Gasteiger partial charge in [-0.1, -0.05) is 17.7 Å². The van der Waals surface area contributed by atoms with Crippen LogP contribution in [0.4, 0.5) is 0 Å². The van der Waals surface area contributed by atoms with Gasteiger partial charge in [-0.25, -0.2) is 0 Å². The van der Waals surface area contributed by atoms with Crippen molar-refractivity contribution in [1.82, 2.24) is 4.90 Å². The quantitative estimate of drug-likeness (QED) is 0.877. The monoisotopic (exact) mass is 301 g/mol. The van der Waals surface area contributed by atoms with Crippen LogP contribution >= 0.6 is 11.6 Å². The smallest absolute Gasteiger partial charge is 0.179 e. The molecule has 1 fully saturated rings. The number of piperidine rings is 1. The van der Waals surface area contributed by atoms with Gasteiger partial charge in [0, 0.05) is 26.1 Å². The molecule has 2 rings (SSSR count). The maximum atomic E-state index is 9.70. The van der Waals surface area contributed by atoms with E-state index in [9.17, 15) is 10.2 Å². The van der Waals surface area contributed by atoms with E-state index in [0.717, 1.165) is 5.56 Å². The number of likely N-dealkylation sites (tertiary alicyclic amines) is 1. The molecule has 1 aromatic carbocycles. The van der Waals surface area contributed by atoms with Gasteiger partial charge in [0.15, 0.2) is 11.5 Å². The lowest BCUT2D eigenvalue weighted by Crippen LogP contribution is -2.45. The Morgan fingerprint density at radius 2 is 1.85 bits per heavy atom. The standard InChI is InChI=1S/C14H20ClNO4/c1-19-12-4-3-9(13(15)14(12)20-2)6-16-7-10(17)5-11(18)8-16/h3-4,10-11,17-18H,5-8H2,1-2H3/t10-,11-/m1/s1. The molecule has 1 heterocycles. The van der Waals surface area contributed by atoms with Gasteiger partial charge in [0.2, 0.25) is 0 Å². The second kappa shape index (κ2) is 6.63. The van der Waals surface area contributed by atoms with Crippen molar-refractivity contribution in [2.75, 3.05) is 27.3 Å². The van der Waals surface area contributed by atoms with Crippen molar-refractivity contribution in [3.8, 4) is 11.5 Å². The van der Waals surface area contributed by atoms with Gasteiger partial charge in [0.25, 0.3) is 0 Å². The molecule has 5 nitrogen and oxygen atoms in total. The Morgan fingerprint density at radius 1 is 1.20 bits per heavy atom. The van der Waals surface area contributed by atoms with E-state index < -0.39 is 12.2 Å². The van der Waals surface area contributed by atoms with Crippen LogP contribution < -0.4 is 9.47 Å². The van der Waals surface area contributed by atoms with Crippen LogP contribution in [0.1, 0.15) is 12.0 Å². The van der Waals surface area contributed by atoms with Crippen LogP contribution in [0.15, 0.2) is 12.1 Å². The number of halogens is 1. The van der Waals surface area contributed by atoms with Crippen LogP contribution in [0.2, 0.25) is 5.02 Å². The summed E-state index contributed by atoms with van der Waals surface area (Å²) in [5.41, 5.74) is 0.880. The van der Waals surface area contributed by atoms with Crippen LogP contribution in [0, 0.1) is 0 Å². The minimum atomic E-state index is -0.502. The summed E-state index contributed by atoms with van der Waals surface area (Å²) in [6.07, 6.45) is -0.578. The minimum absolute atomic E-state index is 0.427. The lowest BCUT2D eigenvalue weighted by Gasteiger charge is -2.33. The largest absolute Gasteiger partial charge is 0.493 e. The molecule has 0 radical (unpaired) electrons. The highest BCUT2D eigenvalue weighted by atomic mass is 35.5. The number of methoxy groups -OCH3 is 2. The zero-order chi connectivity index (χ0) is 14.7. The first-order chi connectivity index (χ1) is 9.55. The Morgan fingerprint density at radius 3 is 2.40 bits per heavy atom. The number of rotatable bonds is 4. The number of aliphatic hydroxyl groups excluding tert-OH is 2. The molecule has 0 aliphatic carbocycles. The van der Waals surface area contributed by atoms with Crippen molar-refractivity contribution in [2.45, 2.75) is 25.2 Å². The number of benzene rings is 1. The molecule has 20 heavy (non-hydrogen) atoms. The van der Waals surface area contributed by atoms with E-state index in [1.54, 1.807) is 20.3 Å². The van der Waals surface area contributed by atoms with Crippen LogP contribution in [0.3, 0.4) is 0 Å². The number of ether oxygens (including phenoxy) is 2. The Bertz CT molecular complexity index is 459. The van der Waals surface area contributed by atoms with Crippen molar-refractivity contribution in [3.05, 3.63) is 22.7 Å². The first-order valence-electron chi connectivity index (χ1n) is 6.53. The molecule has 1 aliphatic heterocycles. The second-order valence-corrected chi connectivity index (χ2v) is 5.39. The summed E-state index contributed by atoms with van der Waals surface area (Å²) >= 11 is 6.33. The van der Waals surface area contributed by atoms with Crippen LogP contribution in [0.25, 0.3) is 0 Å². The van der Waals surface area contributed by atoms with Gasteiger partial charge in [-0.2, -0.15) is 0 Å². The Balaban J connectivity index is 2.17. The Hall–Kier alpha value is -1.01. The van der Waals surface area contributed by atoms with E-state index in [1.165, 1.54) is 0 Å². The first-order valence-corrected chi connectivity index (χ1v) is 6.90. The molecular formula is C14H20ClNO4. The average molecular weight is 302 g/mol. The van der Waals surface area contributed by atoms with E-state index in [0.29, 0.717) is 42.6 Å². The minimum Gasteiger partial charge on any atom is -0.493 e. The van der Waals surface area contributed by atoms with Gasteiger partial charge in [-0.15, -0.1) is 0 Å². The van der Waals surface area contributed by atoms with Crippen LogP contribution in [-0.4, -0.2) is 54.6 Å². The second-order valence-electron chi connectivity index (χ2n) is 5.01. The van der Waals surface area contributed by atoms with E-state index in [4.69, 9.17) is 21.1 Å². The highest BCUT2D eigenvalue weighted by Gasteiger charge is 2.25. The maximum absolute atomic E-state index is 9.70. The molecule has 0 spiro atoms. The predicted octanol–water partition coefficient (Wildman–Crippen LogP) is 1.28. The van der Waals surface area contributed by atoms with Gasteiger partial charge in [-0.05, 0) is 11.6 Å². The van der Waals surface area contributed by atoms with Crippen molar-refractivity contribution in [1.29, 1.82) is 0 Å². The molecule has 0 bridgehead atoms. The van der Waals surface area contributed by atoms with Crippen molar-refractivity contribution in [3.63, 3.8) is 0 Å². The number of β-amino-alcohol motifs (C(OH)–C–C–N with tert-alkyl or cyclic N) is 2. The fourth-order valence-corrected chi connectivity index (χ4v) is 2.85. The molecule has 0 amide bonds. The lowest BCUT2D eigenvalue weighted by atomic mass is 10.0. The molecule has 2 N–H and O–H groups in total. The van der Waals surface area contributed by atoms with Gasteiger partial charge in [-0.3, -0.25) is 4.90 Å². The normalized spacial score (nSPS) is 23.6. The summed E-state index contributed by atoms with van der Waals surface area (Å²) in [7, 11) is 3.10. The van der Waals surface area contributed by atoms with Gasteiger partial charge >= 0.3 is 0 Å². The molecule has 2 atom stereocenters. The third kappa shape index (κ3) is 3.35. The van der Waals surface area contributed by atoms with E-state index in [2.05, 4.69) is 0 Å². The zero-order valence-corrected chi connectivity index (χ0v) is 12.4. The highest BCUT2D eigenvalue weighted by Crippen LogP contribution is 2.37. The third-order valence-corrected chi connectivity index (χ3v) is 3.86. The molecule has 6 heteroatoms. The number of aliphatic hydroxyl groups is 2. The summed E-state index contributed by atoms with van der Waals surface area (Å²) in [4.78, 5) is 1.98.